The second-order valence-electron chi connectivity index (χ2n) is 5.52. The van der Waals surface area contributed by atoms with Gasteiger partial charge >= 0.3 is 0 Å². The number of rotatable bonds is 6. The normalized spacial score (nSPS) is 13.4. The minimum atomic E-state index is 0.00242. The van der Waals surface area contributed by atoms with E-state index in [-0.39, 0.29) is 5.91 Å². The molecule has 1 aliphatic heterocycles. The predicted octanol–water partition coefficient (Wildman–Crippen LogP) is 1.32. The van der Waals surface area contributed by atoms with Gasteiger partial charge in [-0.15, -0.1) is 0 Å². The van der Waals surface area contributed by atoms with E-state index >= 15 is 0 Å². The molecule has 0 radical (unpaired) electrons. The summed E-state index contributed by atoms with van der Waals surface area (Å²) in [5, 5.41) is 7.31. The van der Waals surface area contributed by atoms with Crippen molar-refractivity contribution in [2.75, 3.05) is 20.3 Å². The van der Waals surface area contributed by atoms with Crippen molar-refractivity contribution < 1.29 is 14.3 Å². The Kier molecular flexibility index (Phi) is 4.92. The van der Waals surface area contributed by atoms with Gasteiger partial charge in [-0.1, -0.05) is 12.1 Å². The number of carbonyl (C=O) groups is 1. The molecule has 6 nitrogen and oxygen atoms in total. The lowest BCUT2D eigenvalue weighted by atomic mass is 10.1. The van der Waals surface area contributed by atoms with Crippen LogP contribution in [0.15, 0.2) is 30.5 Å². The van der Waals surface area contributed by atoms with Gasteiger partial charge in [-0.2, -0.15) is 5.10 Å². The Morgan fingerprint density at radius 2 is 2.39 bits per heavy atom. The number of amides is 1. The highest BCUT2D eigenvalue weighted by molar-refractivity contribution is 5.78. The van der Waals surface area contributed by atoms with Crippen molar-refractivity contribution in [3.8, 4) is 5.75 Å². The van der Waals surface area contributed by atoms with Crippen LogP contribution < -0.4 is 10.1 Å². The van der Waals surface area contributed by atoms with Gasteiger partial charge in [0.2, 0.25) is 5.91 Å². The monoisotopic (exact) mass is 315 g/mol. The van der Waals surface area contributed by atoms with E-state index in [0.717, 1.165) is 29.9 Å². The first-order valence-corrected chi connectivity index (χ1v) is 7.77. The number of benzene rings is 1. The molecule has 23 heavy (non-hydrogen) atoms. The molecule has 0 atom stereocenters. The number of methoxy groups -OCH3 is 1. The van der Waals surface area contributed by atoms with E-state index in [1.165, 1.54) is 5.69 Å². The largest absolute Gasteiger partial charge is 0.497 e. The maximum Gasteiger partial charge on any atom is 0.224 e. The molecule has 0 bridgehead atoms. The smallest absolute Gasteiger partial charge is 0.224 e. The Labute approximate surface area is 135 Å². The van der Waals surface area contributed by atoms with Crippen LogP contribution in [-0.2, 0) is 35.5 Å². The van der Waals surface area contributed by atoms with E-state index < -0.39 is 0 Å². The third kappa shape index (κ3) is 3.90. The number of hydrogen-bond acceptors (Lipinski definition) is 4. The Morgan fingerprint density at radius 1 is 1.48 bits per heavy atom. The van der Waals surface area contributed by atoms with Crippen molar-refractivity contribution in [2.45, 2.75) is 26.0 Å². The van der Waals surface area contributed by atoms with Crippen molar-refractivity contribution >= 4 is 5.91 Å². The highest BCUT2D eigenvalue weighted by Gasteiger charge is 2.15. The predicted molar refractivity (Wildman–Crippen MR) is 85.3 cm³/mol. The van der Waals surface area contributed by atoms with Crippen LogP contribution in [0, 0.1) is 0 Å². The van der Waals surface area contributed by atoms with Gasteiger partial charge in [0.05, 0.1) is 39.5 Å². The van der Waals surface area contributed by atoms with Crippen molar-refractivity contribution in [1.29, 1.82) is 0 Å². The summed E-state index contributed by atoms with van der Waals surface area (Å²) in [5.74, 6) is 0.767. The molecule has 2 aromatic rings. The summed E-state index contributed by atoms with van der Waals surface area (Å²) in [6, 6.07) is 7.56. The maximum atomic E-state index is 12.0. The van der Waals surface area contributed by atoms with E-state index in [4.69, 9.17) is 9.47 Å². The molecule has 1 amide bonds. The average molecular weight is 315 g/mol. The molecule has 0 fully saturated rings. The number of nitrogens with zero attached hydrogens (tertiary/aromatic N) is 2. The first kappa shape index (κ1) is 15.6. The Bertz CT molecular complexity index is 681. The topological polar surface area (TPSA) is 65.4 Å². The van der Waals surface area contributed by atoms with Gasteiger partial charge in [0, 0.05) is 24.2 Å². The highest BCUT2D eigenvalue weighted by Crippen LogP contribution is 2.16. The fourth-order valence-electron chi connectivity index (χ4n) is 2.73. The van der Waals surface area contributed by atoms with Crippen molar-refractivity contribution in [3.05, 3.63) is 47.3 Å². The maximum absolute atomic E-state index is 12.0. The van der Waals surface area contributed by atoms with Gasteiger partial charge < -0.3 is 14.8 Å². The first-order valence-electron chi connectivity index (χ1n) is 7.77. The molecule has 0 unspecified atom stereocenters. The van der Waals surface area contributed by atoms with E-state index in [0.29, 0.717) is 26.1 Å². The molecule has 1 aromatic heterocycles. The SMILES string of the molecule is COc1cccc(CC(=O)NCCn2ncc3c2CCOC3)c1. The minimum Gasteiger partial charge on any atom is -0.497 e. The van der Waals surface area contributed by atoms with Crippen LogP contribution in [0.4, 0.5) is 0 Å². The standard InChI is InChI=1S/C17H21N3O3/c1-22-15-4-2-3-13(9-15)10-17(21)18-6-7-20-16-5-8-23-12-14(16)11-19-20/h2-4,9,11H,5-8,10,12H2,1H3,(H,18,21). The summed E-state index contributed by atoms with van der Waals surface area (Å²) in [6.07, 6.45) is 3.09. The third-order valence-electron chi connectivity index (χ3n) is 3.92. The number of hydrogen-bond donors (Lipinski definition) is 1. The molecule has 0 aliphatic carbocycles. The van der Waals surface area contributed by atoms with Crippen molar-refractivity contribution in [2.24, 2.45) is 0 Å². The molecule has 1 N–H and O–H groups in total. The Balaban J connectivity index is 1.48. The van der Waals surface area contributed by atoms with Crippen LogP contribution >= 0.6 is 0 Å². The molecule has 3 rings (SSSR count). The quantitative estimate of drug-likeness (QED) is 0.873. The van der Waals surface area contributed by atoms with Crippen LogP contribution in [0.5, 0.6) is 5.75 Å². The second kappa shape index (κ2) is 7.28. The Morgan fingerprint density at radius 3 is 3.26 bits per heavy atom. The molecule has 2 heterocycles. The summed E-state index contributed by atoms with van der Waals surface area (Å²) in [6.45, 7) is 2.62. The lowest BCUT2D eigenvalue weighted by Crippen LogP contribution is -2.29. The van der Waals surface area contributed by atoms with Gasteiger partial charge in [-0.3, -0.25) is 9.48 Å². The molecule has 0 spiro atoms. The average Bonchev–Trinajstić information content (AvgIpc) is 2.98. The molecular formula is C17H21N3O3. The second-order valence-corrected chi connectivity index (χ2v) is 5.52. The zero-order chi connectivity index (χ0) is 16.1. The lowest BCUT2D eigenvalue weighted by molar-refractivity contribution is -0.120. The van der Waals surface area contributed by atoms with Crippen LogP contribution in [0.1, 0.15) is 16.8 Å². The fraction of sp³-hybridized carbons (Fsp3) is 0.412. The Hall–Kier alpha value is -2.34. The van der Waals surface area contributed by atoms with E-state index in [1.54, 1.807) is 7.11 Å². The van der Waals surface area contributed by atoms with Crippen LogP contribution in [0.2, 0.25) is 0 Å². The van der Waals surface area contributed by atoms with Crippen LogP contribution in [0.3, 0.4) is 0 Å². The molecule has 122 valence electrons. The molecular weight excluding hydrogens is 294 g/mol. The number of fused-ring (bicyclic) bond motifs is 1. The minimum absolute atomic E-state index is 0.00242. The van der Waals surface area contributed by atoms with Crippen molar-refractivity contribution in [1.82, 2.24) is 15.1 Å². The third-order valence-corrected chi connectivity index (χ3v) is 3.92. The fourth-order valence-corrected chi connectivity index (χ4v) is 2.73. The molecule has 1 aliphatic rings. The first-order chi connectivity index (χ1) is 11.3. The highest BCUT2D eigenvalue weighted by atomic mass is 16.5. The van der Waals surface area contributed by atoms with E-state index in [1.807, 2.05) is 35.1 Å². The molecule has 0 saturated heterocycles. The van der Waals surface area contributed by atoms with Gasteiger partial charge in [-0.05, 0) is 17.7 Å². The van der Waals surface area contributed by atoms with Gasteiger partial charge in [0.1, 0.15) is 5.75 Å². The summed E-state index contributed by atoms with van der Waals surface area (Å²) in [7, 11) is 1.62. The van der Waals surface area contributed by atoms with E-state index in [2.05, 4.69) is 10.4 Å². The summed E-state index contributed by atoms with van der Waals surface area (Å²) >= 11 is 0. The van der Waals surface area contributed by atoms with Crippen LogP contribution in [0.25, 0.3) is 0 Å². The van der Waals surface area contributed by atoms with Crippen molar-refractivity contribution in [3.63, 3.8) is 0 Å². The summed E-state index contributed by atoms with van der Waals surface area (Å²) in [5.41, 5.74) is 3.31. The summed E-state index contributed by atoms with van der Waals surface area (Å²) in [4.78, 5) is 12.0. The summed E-state index contributed by atoms with van der Waals surface area (Å²) < 4.78 is 12.5. The van der Waals surface area contributed by atoms with E-state index in [9.17, 15) is 4.79 Å². The number of aromatic nitrogens is 2. The molecule has 6 heteroatoms. The number of ether oxygens (including phenoxy) is 2. The van der Waals surface area contributed by atoms with Gasteiger partial charge in [-0.25, -0.2) is 0 Å². The van der Waals surface area contributed by atoms with Crippen LogP contribution in [-0.4, -0.2) is 35.9 Å². The van der Waals surface area contributed by atoms with Gasteiger partial charge in [0.25, 0.3) is 0 Å². The number of nitrogens with one attached hydrogen (secondary N) is 1. The zero-order valence-electron chi connectivity index (χ0n) is 13.2. The van der Waals surface area contributed by atoms with Gasteiger partial charge in [0.15, 0.2) is 0 Å². The zero-order valence-corrected chi connectivity index (χ0v) is 13.2. The molecule has 1 aromatic carbocycles. The number of carbonyl (C=O) groups excluding carboxylic acids is 1. The lowest BCUT2D eigenvalue weighted by Gasteiger charge is -2.14. The molecule has 0 saturated carbocycles.